The molecule has 0 amide bonds. The second kappa shape index (κ2) is 9.99. The molecular formula is C19H22IN3O2. The van der Waals surface area contributed by atoms with Crippen LogP contribution in [0.5, 0.6) is 5.75 Å². The number of para-hydroxylation sites is 1. The Kier molecular flexibility index (Phi) is 7.67. The van der Waals surface area contributed by atoms with Crippen LogP contribution in [0.4, 0.5) is 0 Å². The van der Waals surface area contributed by atoms with Gasteiger partial charge < -0.3 is 19.8 Å². The number of nitrogens with zero attached hydrogens (tertiary/aromatic N) is 1. The lowest BCUT2D eigenvalue weighted by atomic mass is 10.0. The maximum atomic E-state index is 5.70. The topological polar surface area (TPSA) is 58.8 Å². The highest BCUT2D eigenvalue weighted by molar-refractivity contribution is 14.0. The van der Waals surface area contributed by atoms with Gasteiger partial charge in [-0.15, -0.1) is 30.4 Å². The summed E-state index contributed by atoms with van der Waals surface area (Å²) < 4.78 is 11.0. The quantitative estimate of drug-likeness (QED) is 0.318. The molecule has 132 valence electrons. The standard InChI is InChI=1S/C19H21N3O2.HI/c1-2-11-20-19(21-12-9-15-6-5-13-23-15)22-17-10-14-24-18-8-4-3-7-16(17)18;/h1,3-8,13,17H,9-12,14H2,(H2,20,21,22);1H. The summed E-state index contributed by atoms with van der Waals surface area (Å²) in [6, 6.07) is 12.1. The molecule has 1 aromatic heterocycles. The van der Waals surface area contributed by atoms with E-state index in [4.69, 9.17) is 15.6 Å². The van der Waals surface area contributed by atoms with Crippen LogP contribution in [0.15, 0.2) is 52.1 Å². The zero-order valence-electron chi connectivity index (χ0n) is 13.9. The molecule has 0 spiro atoms. The molecule has 0 radical (unpaired) electrons. The molecule has 25 heavy (non-hydrogen) atoms. The van der Waals surface area contributed by atoms with Gasteiger partial charge in [0.1, 0.15) is 11.5 Å². The van der Waals surface area contributed by atoms with E-state index in [1.807, 2.05) is 30.3 Å². The lowest BCUT2D eigenvalue weighted by Crippen LogP contribution is -2.41. The largest absolute Gasteiger partial charge is 0.493 e. The summed E-state index contributed by atoms with van der Waals surface area (Å²) in [6.45, 7) is 1.74. The second-order valence-corrected chi connectivity index (χ2v) is 5.49. The summed E-state index contributed by atoms with van der Waals surface area (Å²) in [7, 11) is 0. The van der Waals surface area contributed by atoms with Crippen LogP contribution in [0.2, 0.25) is 0 Å². The first-order chi connectivity index (χ1) is 11.9. The van der Waals surface area contributed by atoms with Crippen LogP contribution in [-0.2, 0) is 6.42 Å². The van der Waals surface area contributed by atoms with E-state index in [0.717, 1.165) is 29.9 Å². The first-order valence-electron chi connectivity index (χ1n) is 8.09. The Morgan fingerprint density at radius 1 is 1.28 bits per heavy atom. The van der Waals surface area contributed by atoms with Crippen LogP contribution in [0.3, 0.4) is 0 Å². The third kappa shape index (κ3) is 5.43. The maximum absolute atomic E-state index is 5.70. The second-order valence-electron chi connectivity index (χ2n) is 5.49. The number of furan rings is 1. The van der Waals surface area contributed by atoms with E-state index >= 15 is 0 Å². The normalized spacial score (nSPS) is 16.0. The van der Waals surface area contributed by atoms with Gasteiger partial charge in [-0.2, -0.15) is 0 Å². The van der Waals surface area contributed by atoms with Crippen LogP contribution in [0.25, 0.3) is 0 Å². The monoisotopic (exact) mass is 451 g/mol. The Labute approximate surface area is 165 Å². The van der Waals surface area contributed by atoms with Crippen molar-refractivity contribution in [3.63, 3.8) is 0 Å². The van der Waals surface area contributed by atoms with Crippen molar-refractivity contribution in [2.24, 2.45) is 4.99 Å². The van der Waals surface area contributed by atoms with Crippen LogP contribution in [-0.4, -0.2) is 25.7 Å². The van der Waals surface area contributed by atoms with Crippen LogP contribution >= 0.6 is 24.0 Å². The highest BCUT2D eigenvalue weighted by atomic mass is 127. The first-order valence-corrected chi connectivity index (χ1v) is 8.09. The zero-order valence-corrected chi connectivity index (χ0v) is 16.2. The molecule has 1 aliphatic rings. The molecule has 0 saturated carbocycles. The predicted octanol–water partition coefficient (Wildman–Crippen LogP) is 3.13. The van der Waals surface area contributed by atoms with Gasteiger partial charge >= 0.3 is 0 Å². The van der Waals surface area contributed by atoms with Gasteiger partial charge in [-0.25, -0.2) is 0 Å². The number of nitrogens with one attached hydrogen (secondary N) is 2. The molecule has 2 heterocycles. The zero-order chi connectivity index (χ0) is 16.6. The Balaban J connectivity index is 0.00000225. The molecule has 1 atom stereocenters. The lowest BCUT2D eigenvalue weighted by molar-refractivity contribution is 0.261. The van der Waals surface area contributed by atoms with Crippen molar-refractivity contribution in [3.8, 4) is 18.1 Å². The third-order valence-electron chi connectivity index (χ3n) is 3.84. The summed E-state index contributed by atoms with van der Waals surface area (Å²) in [5.41, 5.74) is 1.14. The SMILES string of the molecule is C#CCNC(=NCCc1ccco1)NC1CCOc2ccccc21.I. The molecule has 0 fully saturated rings. The fraction of sp³-hybridized carbons (Fsp3) is 0.316. The van der Waals surface area contributed by atoms with Crippen molar-refractivity contribution < 1.29 is 9.15 Å². The average molecular weight is 451 g/mol. The van der Waals surface area contributed by atoms with E-state index in [-0.39, 0.29) is 30.0 Å². The number of hydrogen-bond acceptors (Lipinski definition) is 3. The van der Waals surface area contributed by atoms with Crippen molar-refractivity contribution >= 4 is 29.9 Å². The van der Waals surface area contributed by atoms with Crippen LogP contribution in [0, 0.1) is 12.3 Å². The van der Waals surface area contributed by atoms with E-state index in [2.05, 4.69) is 27.6 Å². The molecule has 1 unspecified atom stereocenters. The number of guanidine groups is 1. The smallest absolute Gasteiger partial charge is 0.192 e. The number of ether oxygens (including phenoxy) is 1. The average Bonchev–Trinajstić information content (AvgIpc) is 3.13. The van der Waals surface area contributed by atoms with Gasteiger partial charge in [0.2, 0.25) is 0 Å². The number of benzene rings is 1. The van der Waals surface area contributed by atoms with E-state index in [0.29, 0.717) is 25.7 Å². The van der Waals surface area contributed by atoms with Gasteiger partial charge in [-0.1, -0.05) is 24.1 Å². The number of aliphatic imine (C=N–C) groups is 1. The Bertz CT molecular complexity index is 723. The van der Waals surface area contributed by atoms with Gasteiger partial charge in [-0.3, -0.25) is 4.99 Å². The van der Waals surface area contributed by atoms with Crippen molar-refractivity contribution in [2.45, 2.75) is 18.9 Å². The van der Waals surface area contributed by atoms with Crippen molar-refractivity contribution in [3.05, 3.63) is 54.0 Å². The molecule has 2 aromatic rings. The highest BCUT2D eigenvalue weighted by Crippen LogP contribution is 2.31. The predicted molar refractivity (Wildman–Crippen MR) is 109 cm³/mol. The number of fused-ring (bicyclic) bond motifs is 1. The number of hydrogen-bond donors (Lipinski definition) is 2. The fourth-order valence-electron chi connectivity index (χ4n) is 2.68. The third-order valence-corrected chi connectivity index (χ3v) is 3.84. The minimum Gasteiger partial charge on any atom is -0.493 e. The van der Waals surface area contributed by atoms with Gasteiger partial charge in [0, 0.05) is 24.9 Å². The Morgan fingerprint density at radius 3 is 2.96 bits per heavy atom. The molecule has 3 rings (SSSR count). The molecule has 0 saturated heterocycles. The minimum absolute atomic E-state index is 0. The molecule has 2 N–H and O–H groups in total. The van der Waals surface area contributed by atoms with E-state index < -0.39 is 0 Å². The number of halogens is 1. The van der Waals surface area contributed by atoms with Gasteiger partial charge in [-0.05, 0) is 18.2 Å². The van der Waals surface area contributed by atoms with E-state index in [9.17, 15) is 0 Å². The molecule has 0 aliphatic carbocycles. The summed E-state index contributed by atoms with van der Waals surface area (Å²) in [5, 5.41) is 6.62. The fourth-order valence-corrected chi connectivity index (χ4v) is 2.68. The Hall–Kier alpha value is -2.14. The molecule has 1 aromatic carbocycles. The van der Waals surface area contributed by atoms with Gasteiger partial charge in [0.25, 0.3) is 0 Å². The van der Waals surface area contributed by atoms with Gasteiger partial charge in [0.15, 0.2) is 5.96 Å². The molecule has 5 nitrogen and oxygen atoms in total. The molecule has 6 heteroatoms. The highest BCUT2D eigenvalue weighted by Gasteiger charge is 2.21. The summed E-state index contributed by atoms with van der Waals surface area (Å²) in [6.07, 6.45) is 8.67. The van der Waals surface area contributed by atoms with Crippen LogP contribution < -0.4 is 15.4 Å². The van der Waals surface area contributed by atoms with Crippen molar-refractivity contribution in [1.29, 1.82) is 0 Å². The molecule has 1 aliphatic heterocycles. The number of terminal acetylenes is 1. The maximum Gasteiger partial charge on any atom is 0.192 e. The first kappa shape index (κ1) is 19.2. The Morgan fingerprint density at radius 2 is 2.16 bits per heavy atom. The summed E-state index contributed by atoms with van der Waals surface area (Å²) in [5.74, 6) is 5.14. The van der Waals surface area contributed by atoms with Crippen molar-refractivity contribution in [1.82, 2.24) is 10.6 Å². The van der Waals surface area contributed by atoms with E-state index in [1.54, 1.807) is 6.26 Å². The van der Waals surface area contributed by atoms with Crippen LogP contribution in [0.1, 0.15) is 23.8 Å². The van der Waals surface area contributed by atoms with Gasteiger partial charge in [0.05, 0.1) is 25.5 Å². The summed E-state index contributed by atoms with van der Waals surface area (Å²) in [4.78, 5) is 4.60. The molecular weight excluding hydrogens is 429 g/mol. The number of rotatable bonds is 5. The summed E-state index contributed by atoms with van der Waals surface area (Å²) >= 11 is 0. The minimum atomic E-state index is 0. The lowest BCUT2D eigenvalue weighted by Gasteiger charge is -2.28. The van der Waals surface area contributed by atoms with Crippen molar-refractivity contribution in [2.75, 3.05) is 19.7 Å². The molecule has 0 bridgehead atoms. The van der Waals surface area contributed by atoms with E-state index in [1.165, 1.54) is 0 Å².